The van der Waals surface area contributed by atoms with Crippen molar-refractivity contribution in [3.8, 4) is 0 Å². The number of carbonyl (C=O) groups is 2. The number of hydrogen-bond acceptors (Lipinski definition) is 4. The molecule has 0 unspecified atom stereocenters. The molecule has 2 heterocycles. The first kappa shape index (κ1) is 15.4. The SMILES string of the molecule is CNC(=O)c1ccnc(C[C@@H]2CC(=O)N(CCOC)C2)c1. The highest BCUT2D eigenvalue weighted by Crippen LogP contribution is 2.21. The number of nitrogens with one attached hydrogen (secondary N) is 1. The van der Waals surface area contributed by atoms with Gasteiger partial charge in [0.2, 0.25) is 5.91 Å². The lowest BCUT2D eigenvalue weighted by Gasteiger charge is -2.15. The summed E-state index contributed by atoms with van der Waals surface area (Å²) in [4.78, 5) is 29.6. The second kappa shape index (κ2) is 7.17. The number of nitrogens with zero attached hydrogens (tertiary/aromatic N) is 2. The van der Waals surface area contributed by atoms with Crippen molar-refractivity contribution in [1.82, 2.24) is 15.2 Å². The zero-order chi connectivity index (χ0) is 15.2. The number of rotatable bonds is 6. The van der Waals surface area contributed by atoms with Gasteiger partial charge in [-0.15, -0.1) is 0 Å². The Bertz CT molecular complexity index is 519. The third-order valence-corrected chi connectivity index (χ3v) is 3.66. The summed E-state index contributed by atoms with van der Waals surface area (Å²) in [5.41, 5.74) is 1.45. The van der Waals surface area contributed by atoms with Gasteiger partial charge in [0.05, 0.1) is 6.61 Å². The highest BCUT2D eigenvalue weighted by atomic mass is 16.5. The van der Waals surface area contributed by atoms with Crippen LogP contribution in [-0.4, -0.2) is 55.6 Å². The maximum absolute atomic E-state index is 11.9. The van der Waals surface area contributed by atoms with Crippen LogP contribution in [0.4, 0.5) is 0 Å². The predicted molar refractivity (Wildman–Crippen MR) is 77.9 cm³/mol. The Hall–Kier alpha value is -1.95. The molecule has 0 spiro atoms. The van der Waals surface area contributed by atoms with Gasteiger partial charge in [0.1, 0.15) is 0 Å². The molecule has 1 saturated heterocycles. The highest BCUT2D eigenvalue weighted by molar-refractivity contribution is 5.93. The minimum absolute atomic E-state index is 0.122. The van der Waals surface area contributed by atoms with Gasteiger partial charge in [0, 0.05) is 51.1 Å². The van der Waals surface area contributed by atoms with E-state index in [-0.39, 0.29) is 17.7 Å². The standard InChI is InChI=1S/C15H21N3O3/c1-16-15(20)12-3-4-17-13(9-12)7-11-8-14(19)18(10-11)5-6-21-2/h3-4,9,11H,5-8,10H2,1-2H3,(H,16,20)/t11-/m1/s1. The molecule has 6 heteroatoms. The molecule has 0 aromatic carbocycles. The molecule has 1 N–H and O–H groups in total. The molecule has 6 nitrogen and oxygen atoms in total. The third-order valence-electron chi connectivity index (χ3n) is 3.66. The van der Waals surface area contributed by atoms with Crippen LogP contribution in [0.5, 0.6) is 0 Å². The van der Waals surface area contributed by atoms with Crippen LogP contribution >= 0.6 is 0 Å². The first-order valence-electron chi connectivity index (χ1n) is 7.07. The van der Waals surface area contributed by atoms with E-state index in [9.17, 15) is 9.59 Å². The van der Waals surface area contributed by atoms with Gasteiger partial charge in [-0.1, -0.05) is 0 Å². The van der Waals surface area contributed by atoms with Gasteiger partial charge in [-0.3, -0.25) is 14.6 Å². The lowest BCUT2D eigenvalue weighted by molar-refractivity contribution is -0.128. The fourth-order valence-electron chi connectivity index (χ4n) is 2.58. The summed E-state index contributed by atoms with van der Waals surface area (Å²) in [7, 11) is 3.23. The lowest BCUT2D eigenvalue weighted by atomic mass is 10.0. The first-order chi connectivity index (χ1) is 10.1. The molecular formula is C15H21N3O3. The zero-order valence-electron chi connectivity index (χ0n) is 12.5. The number of methoxy groups -OCH3 is 1. The zero-order valence-corrected chi connectivity index (χ0v) is 12.5. The molecule has 0 aliphatic carbocycles. The molecular weight excluding hydrogens is 270 g/mol. The van der Waals surface area contributed by atoms with Crippen molar-refractivity contribution in [1.29, 1.82) is 0 Å². The van der Waals surface area contributed by atoms with Crippen molar-refractivity contribution < 1.29 is 14.3 Å². The van der Waals surface area contributed by atoms with Gasteiger partial charge < -0.3 is 15.0 Å². The Morgan fingerprint density at radius 1 is 1.57 bits per heavy atom. The molecule has 2 amide bonds. The van der Waals surface area contributed by atoms with Crippen LogP contribution in [0.3, 0.4) is 0 Å². The fourth-order valence-corrected chi connectivity index (χ4v) is 2.58. The van der Waals surface area contributed by atoms with Crippen molar-refractivity contribution in [3.05, 3.63) is 29.6 Å². The molecule has 1 atom stereocenters. The Kier molecular flexibility index (Phi) is 5.27. The Balaban J connectivity index is 1.96. The molecule has 1 aromatic heterocycles. The van der Waals surface area contributed by atoms with Crippen LogP contribution in [0.25, 0.3) is 0 Å². The van der Waals surface area contributed by atoms with E-state index in [1.807, 2.05) is 4.90 Å². The molecule has 2 rings (SSSR count). The molecule has 0 radical (unpaired) electrons. The Morgan fingerprint density at radius 3 is 3.10 bits per heavy atom. The minimum atomic E-state index is -0.122. The van der Waals surface area contributed by atoms with Crippen LogP contribution in [0.2, 0.25) is 0 Å². The van der Waals surface area contributed by atoms with Crippen molar-refractivity contribution >= 4 is 11.8 Å². The smallest absolute Gasteiger partial charge is 0.251 e. The van der Waals surface area contributed by atoms with Crippen LogP contribution in [0.1, 0.15) is 22.5 Å². The largest absolute Gasteiger partial charge is 0.383 e. The van der Waals surface area contributed by atoms with E-state index < -0.39 is 0 Å². The molecule has 1 fully saturated rings. The number of likely N-dealkylation sites (tertiary alicyclic amines) is 1. The molecule has 0 bridgehead atoms. The molecule has 1 aliphatic rings. The predicted octanol–water partition coefficient (Wildman–Crippen LogP) is 0.479. The van der Waals surface area contributed by atoms with Gasteiger partial charge in [-0.25, -0.2) is 0 Å². The summed E-state index contributed by atoms with van der Waals surface area (Å²) in [5.74, 6) is 0.296. The Labute approximate surface area is 124 Å². The lowest BCUT2D eigenvalue weighted by Crippen LogP contribution is -2.29. The normalized spacial score (nSPS) is 18.1. The number of carbonyl (C=O) groups excluding carboxylic acids is 2. The van der Waals surface area contributed by atoms with Gasteiger partial charge >= 0.3 is 0 Å². The van der Waals surface area contributed by atoms with E-state index >= 15 is 0 Å². The maximum atomic E-state index is 11.9. The number of pyridine rings is 1. The summed E-state index contributed by atoms with van der Waals surface area (Å²) in [6.07, 6.45) is 2.88. The van der Waals surface area contributed by atoms with Gasteiger partial charge in [0.25, 0.3) is 5.91 Å². The average Bonchev–Trinajstić information content (AvgIpc) is 2.84. The summed E-state index contributed by atoms with van der Waals surface area (Å²) < 4.78 is 5.01. The van der Waals surface area contributed by atoms with Crippen LogP contribution in [0, 0.1) is 5.92 Å². The second-order valence-corrected chi connectivity index (χ2v) is 5.22. The summed E-state index contributed by atoms with van der Waals surface area (Å²) in [6, 6.07) is 3.48. The number of hydrogen-bond donors (Lipinski definition) is 1. The van der Waals surface area contributed by atoms with Crippen LogP contribution in [-0.2, 0) is 16.0 Å². The van der Waals surface area contributed by atoms with Gasteiger partial charge in [-0.05, 0) is 24.5 Å². The van der Waals surface area contributed by atoms with Gasteiger partial charge in [-0.2, -0.15) is 0 Å². The second-order valence-electron chi connectivity index (χ2n) is 5.22. The molecule has 114 valence electrons. The van der Waals surface area contributed by atoms with E-state index in [1.165, 1.54) is 0 Å². The third kappa shape index (κ3) is 4.01. The minimum Gasteiger partial charge on any atom is -0.383 e. The summed E-state index contributed by atoms with van der Waals surface area (Å²) in [6.45, 7) is 1.93. The Morgan fingerprint density at radius 2 is 2.38 bits per heavy atom. The number of aromatic nitrogens is 1. The monoisotopic (exact) mass is 291 g/mol. The van der Waals surface area contributed by atoms with Crippen molar-refractivity contribution in [2.45, 2.75) is 12.8 Å². The van der Waals surface area contributed by atoms with Gasteiger partial charge in [0.15, 0.2) is 0 Å². The van der Waals surface area contributed by atoms with E-state index in [4.69, 9.17) is 4.74 Å². The maximum Gasteiger partial charge on any atom is 0.251 e. The van der Waals surface area contributed by atoms with Crippen molar-refractivity contribution in [2.75, 3.05) is 33.9 Å². The average molecular weight is 291 g/mol. The highest BCUT2D eigenvalue weighted by Gasteiger charge is 2.29. The number of amides is 2. The topological polar surface area (TPSA) is 71.5 Å². The van der Waals surface area contributed by atoms with E-state index in [0.717, 1.165) is 12.2 Å². The van der Waals surface area contributed by atoms with E-state index in [0.29, 0.717) is 31.6 Å². The molecule has 1 aliphatic heterocycles. The van der Waals surface area contributed by atoms with E-state index in [2.05, 4.69) is 10.3 Å². The van der Waals surface area contributed by atoms with Crippen molar-refractivity contribution in [2.24, 2.45) is 5.92 Å². The molecule has 1 aromatic rings. The van der Waals surface area contributed by atoms with Crippen LogP contribution < -0.4 is 5.32 Å². The summed E-state index contributed by atoms with van der Waals surface area (Å²) >= 11 is 0. The van der Waals surface area contributed by atoms with E-state index in [1.54, 1.807) is 32.5 Å². The molecule has 21 heavy (non-hydrogen) atoms. The van der Waals surface area contributed by atoms with Crippen LogP contribution in [0.15, 0.2) is 18.3 Å². The fraction of sp³-hybridized carbons (Fsp3) is 0.533. The number of ether oxygens (including phenoxy) is 1. The first-order valence-corrected chi connectivity index (χ1v) is 7.07. The molecule has 0 saturated carbocycles. The summed E-state index contributed by atoms with van der Waals surface area (Å²) in [5, 5.41) is 2.60. The quantitative estimate of drug-likeness (QED) is 0.827. The van der Waals surface area contributed by atoms with Crippen molar-refractivity contribution in [3.63, 3.8) is 0 Å².